The zero-order valence-corrected chi connectivity index (χ0v) is 24.4. The number of nitrogens with zero attached hydrogens (tertiary/aromatic N) is 5. The van der Waals surface area contributed by atoms with Gasteiger partial charge in [-0.25, -0.2) is 0 Å². The molecule has 210 valence electrons. The van der Waals surface area contributed by atoms with E-state index in [0.29, 0.717) is 17.6 Å². The number of amides is 1. The number of hydrogen-bond acceptors (Lipinski definition) is 5. The summed E-state index contributed by atoms with van der Waals surface area (Å²) in [4.78, 5) is 27.1. The molecule has 2 aliphatic heterocycles. The highest BCUT2D eigenvalue weighted by Crippen LogP contribution is 2.27. The molecule has 6 nitrogen and oxygen atoms in total. The van der Waals surface area contributed by atoms with Crippen molar-refractivity contribution in [2.75, 3.05) is 45.2 Å². The predicted octanol–water partition coefficient (Wildman–Crippen LogP) is 6.10. The predicted molar refractivity (Wildman–Crippen MR) is 165 cm³/mol. The Morgan fingerprint density at radius 3 is 2.17 bits per heavy atom. The van der Waals surface area contributed by atoms with Crippen LogP contribution in [0.4, 0.5) is 11.4 Å². The van der Waals surface area contributed by atoms with Gasteiger partial charge >= 0.3 is 0 Å². The third kappa shape index (κ3) is 7.30. The largest absolute Gasteiger partial charge is 0.345 e. The van der Waals surface area contributed by atoms with Crippen molar-refractivity contribution in [3.05, 3.63) is 95.3 Å². The molecule has 0 saturated carbocycles. The van der Waals surface area contributed by atoms with Crippen LogP contribution in [0.3, 0.4) is 0 Å². The minimum atomic E-state index is 0.0608. The fourth-order valence-electron chi connectivity index (χ4n) is 5.89. The third-order valence-electron chi connectivity index (χ3n) is 8.44. The topological polar surface area (TPSA) is 42.9 Å². The molecule has 0 atom stereocenters. The van der Waals surface area contributed by atoms with Crippen LogP contribution in [0.5, 0.6) is 0 Å². The number of piperidine rings is 2. The number of carbonyl (C=O) groups is 1. The van der Waals surface area contributed by atoms with Gasteiger partial charge in [0.2, 0.25) is 5.91 Å². The lowest BCUT2D eigenvalue weighted by atomic mass is 9.96. The number of anilines is 2. The Morgan fingerprint density at radius 2 is 1.52 bits per heavy atom. The summed E-state index contributed by atoms with van der Waals surface area (Å²) < 4.78 is 0. The van der Waals surface area contributed by atoms with Gasteiger partial charge in [-0.15, -0.1) is 0 Å². The normalized spacial score (nSPS) is 17.8. The van der Waals surface area contributed by atoms with Crippen molar-refractivity contribution < 1.29 is 4.79 Å². The number of rotatable bonds is 8. The van der Waals surface area contributed by atoms with Gasteiger partial charge in [0, 0.05) is 73.6 Å². The van der Waals surface area contributed by atoms with E-state index in [1.807, 2.05) is 42.5 Å². The van der Waals surface area contributed by atoms with Crippen molar-refractivity contribution in [2.45, 2.75) is 44.3 Å². The van der Waals surface area contributed by atoms with Gasteiger partial charge in [0.05, 0.1) is 0 Å². The van der Waals surface area contributed by atoms with Crippen LogP contribution in [-0.4, -0.2) is 77.9 Å². The number of halogens is 1. The number of likely N-dealkylation sites (tertiary alicyclic amines) is 2. The Balaban J connectivity index is 1.28. The molecular weight excluding hydrogens is 518 g/mol. The molecule has 7 heteroatoms. The summed E-state index contributed by atoms with van der Waals surface area (Å²) in [6.45, 7) is 5.06. The molecule has 2 saturated heterocycles. The smallest absolute Gasteiger partial charge is 0.247 e. The fraction of sp³-hybridized carbons (Fsp3) is 0.394. The quantitative estimate of drug-likeness (QED) is 0.313. The van der Waals surface area contributed by atoms with Crippen LogP contribution >= 0.6 is 11.6 Å². The van der Waals surface area contributed by atoms with Crippen molar-refractivity contribution in [2.24, 2.45) is 0 Å². The Hall–Kier alpha value is -3.19. The number of hydrogen-bond donors (Lipinski definition) is 0. The lowest BCUT2D eigenvalue weighted by Crippen LogP contribution is -2.51. The summed E-state index contributed by atoms with van der Waals surface area (Å²) in [7, 11) is 4.27. The van der Waals surface area contributed by atoms with E-state index < -0.39 is 0 Å². The maximum Gasteiger partial charge on any atom is 0.247 e. The van der Waals surface area contributed by atoms with Crippen LogP contribution in [0.1, 0.15) is 36.8 Å². The van der Waals surface area contributed by atoms with Crippen LogP contribution in [0.25, 0.3) is 6.08 Å². The van der Waals surface area contributed by atoms with E-state index >= 15 is 0 Å². The summed E-state index contributed by atoms with van der Waals surface area (Å²) in [5.41, 5.74) is 4.29. The summed E-state index contributed by atoms with van der Waals surface area (Å²) in [5, 5.41) is 0.694. The molecule has 2 fully saturated rings. The molecule has 5 rings (SSSR count). The van der Waals surface area contributed by atoms with Crippen molar-refractivity contribution in [1.82, 2.24) is 19.7 Å². The highest BCUT2D eigenvalue weighted by Gasteiger charge is 2.31. The number of carbonyl (C=O) groups excluding carboxylic acids is 1. The third-order valence-corrected chi connectivity index (χ3v) is 8.69. The van der Waals surface area contributed by atoms with Crippen LogP contribution in [0, 0.1) is 0 Å². The Kier molecular flexibility index (Phi) is 9.53. The number of benzene rings is 2. The molecular formula is C33H40ClN5O. The standard InChI is InChI=1S/C33H40ClN5O/c1-36-21-15-31(16-22-36)38-23-17-32(18-24-38)39(33(40)12-7-26-3-8-28(34)9-4-26)25-27-5-10-29(11-6-27)37(2)30-13-19-35-20-14-30/h3-14,19-20,31-32H,15-18,21-25H2,1-2H3/b12-7+. The van der Waals surface area contributed by atoms with Crippen LogP contribution in [0.15, 0.2) is 79.1 Å². The molecule has 0 N–H and O–H groups in total. The highest BCUT2D eigenvalue weighted by molar-refractivity contribution is 6.30. The van der Waals surface area contributed by atoms with E-state index in [0.717, 1.165) is 48.4 Å². The lowest BCUT2D eigenvalue weighted by Gasteiger charge is -2.43. The average Bonchev–Trinajstić information content (AvgIpc) is 3.00. The molecule has 0 aliphatic carbocycles. The average molecular weight is 558 g/mol. The summed E-state index contributed by atoms with van der Waals surface area (Å²) in [6, 6.07) is 21.0. The highest BCUT2D eigenvalue weighted by atomic mass is 35.5. The molecule has 1 aromatic heterocycles. The van der Waals surface area contributed by atoms with Gasteiger partial charge in [-0.3, -0.25) is 9.78 Å². The monoisotopic (exact) mass is 557 g/mol. The summed E-state index contributed by atoms with van der Waals surface area (Å²) in [6.07, 6.45) is 11.7. The molecule has 0 radical (unpaired) electrons. The van der Waals surface area contributed by atoms with E-state index in [4.69, 9.17) is 11.6 Å². The molecule has 3 aromatic rings. The van der Waals surface area contributed by atoms with Gasteiger partial charge in [0.1, 0.15) is 0 Å². The molecule has 2 aliphatic rings. The second-order valence-electron chi connectivity index (χ2n) is 11.1. The van der Waals surface area contributed by atoms with Crippen molar-refractivity contribution in [3.63, 3.8) is 0 Å². The first-order valence-corrected chi connectivity index (χ1v) is 14.7. The Morgan fingerprint density at radius 1 is 0.900 bits per heavy atom. The Labute approximate surface area is 243 Å². The molecule has 0 unspecified atom stereocenters. The molecule has 40 heavy (non-hydrogen) atoms. The summed E-state index contributed by atoms with van der Waals surface area (Å²) in [5.74, 6) is 0.0608. The van der Waals surface area contributed by atoms with Crippen LogP contribution in [0.2, 0.25) is 5.02 Å². The number of pyridine rings is 1. The van der Waals surface area contributed by atoms with Gasteiger partial charge in [0.25, 0.3) is 0 Å². The zero-order chi connectivity index (χ0) is 27.9. The maximum atomic E-state index is 13.6. The molecule has 0 spiro atoms. The van der Waals surface area contributed by atoms with E-state index in [9.17, 15) is 4.79 Å². The summed E-state index contributed by atoms with van der Waals surface area (Å²) >= 11 is 6.05. The van der Waals surface area contributed by atoms with E-state index in [2.05, 4.69) is 62.9 Å². The van der Waals surface area contributed by atoms with E-state index in [1.165, 1.54) is 25.9 Å². The van der Waals surface area contributed by atoms with E-state index in [-0.39, 0.29) is 11.9 Å². The first-order chi connectivity index (χ1) is 19.5. The first-order valence-electron chi connectivity index (χ1n) is 14.4. The number of aromatic nitrogens is 1. The second-order valence-corrected chi connectivity index (χ2v) is 11.5. The van der Waals surface area contributed by atoms with Gasteiger partial charge in [-0.05, 0) is 99.4 Å². The lowest BCUT2D eigenvalue weighted by molar-refractivity contribution is -0.130. The Bertz CT molecular complexity index is 1250. The zero-order valence-electron chi connectivity index (χ0n) is 23.6. The first kappa shape index (κ1) is 28.3. The van der Waals surface area contributed by atoms with Gasteiger partial charge in [-0.2, -0.15) is 0 Å². The molecule has 3 heterocycles. The van der Waals surface area contributed by atoms with Crippen molar-refractivity contribution in [1.29, 1.82) is 0 Å². The SMILES string of the molecule is CN1CCC(N2CCC(N(Cc3ccc(N(C)c4ccncc4)cc3)C(=O)/C=C/c3ccc(Cl)cc3)CC2)CC1. The second kappa shape index (κ2) is 13.4. The maximum absolute atomic E-state index is 13.6. The van der Waals surface area contributed by atoms with Gasteiger partial charge in [0.15, 0.2) is 0 Å². The minimum absolute atomic E-state index is 0.0608. The van der Waals surface area contributed by atoms with Crippen LogP contribution in [-0.2, 0) is 11.3 Å². The van der Waals surface area contributed by atoms with Gasteiger partial charge < -0.3 is 19.6 Å². The minimum Gasteiger partial charge on any atom is -0.345 e. The van der Waals surface area contributed by atoms with E-state index in [1.54, 1.807) is 18.5 Å². The van der Waals surface area contributed by atoms with Gasteiger partial charge in [-0.1, -0.05) is 35.9 Å². The van der Waals surface area contributed by atoms with Crippen molar-refractivity contribution >= 4 is 35.0 Å². The van der Waals surface area contributed by atoms with Crippen molar-refractivity contribution in [3.8, 4) is 0 Å². The molecule has 2 aromatic carbocycles. The molecule has 1 amide bonds. The van der Waals surface area contributed by atoms with Crippen LogP contribution < -0.4 is 4.90 Å². The molecule has 0 bridgehead atoms. The fourth-order valence-corrected chi connectivity index (χ4v) is 6.01.